The third-order valence-corrected chi connectivity index (χ3v) is 5.82. The predicted molar refractivity (Wildman–Crippen MR) is 68.4 cm³/mol. The molecule has 0 radical (unpaired) electrons. The summed E-state index contributed by atoms with van der Waals surface area (Å²) in [4.78, 5) is 0. The van der Waals surface area contributed by atoms with Crippen molar-refractivity contribution in [1.29, 1.82) is 0 Å². The highest BCUT2D eigenvalue weighted by Crippen LogP contribution is 2.70. The van der Waals surface area contributed by atoms with Crippen LogP contribution < -0.4 is 0 Å². The number of hydrogen-bond acceptors (Lipinski definition) is 0. The van der Waals surface area contributed by atoms with Crippen LogP contribution in [-0.4, -0.2) is 0 Å². The summed E-state index contributed by atoms with van der Waals surface area (Å²) in [5, 5.41) is 0. The minimum absolute atomic E-state index is 0.469. The monoisotopic (exact) mass is 214 g/mol. The average molecular weight is 214 g/mol. The summed E-state index contributed by atoms with van der Waals surface area (Å²) >= 11 is 0. The van der Waals surface area contributed by atoms with Crippen molar-refractivity contribution in [2.75, 3.05) is 0 Å². The molecule has 0 nitrogen and oxygen atoms in total. The minimum atomic E-state index is 0.469. The van der Waals surface area contributed by atoms with Crippen LogP contribution in [0.2, 0.25) is 0 Å². The molecule has 1 aromatic rings. The topological polar surface area (TPSA) is 0 Å². The standard InChI is InChI=1S/C16H22/c1-12-9-10-14-11-16(12,15(14,2)3)13-7-5-4-6-8-13/h4-8,12,14H,9-11H2,1-3H3. The first-order chi connectivity index (χ1) is 7.59. The van der Waals surface area contributed by atoms with E-state index in [0.29, 0.717) is 10.8 Å². The molecule has 3 atom stereocenters. The first kappa shape index (κ1) is 10.4. The maximum Gasteiger partial charge on any atom is 0.00352 e. The molecular formula is C16H22. The van der Waals surface area contributed by atoms with Gasteiger partial charge in [0.2, 0.25) is 0 Å². The molecular weight excluding hydrogens is 192 g/mol. The zero-order chi connectivity index (χ0) is 11.4. The van der Waals surface area contributed by atoms with E-state index in [0.717, 1.165) is 11.8 Å². The maximum atomic E-state index is 2.49. The lowest BCUT2D eigenvalue weighted by atomic mass is 9.35. The lowest BCUT2D eigenvalue weighted by molar-refractivity contribution is -0.133. The molecule has 0 N–H and O–H groups in total. The summed E-state index contributed by atoms with van der Waals surface area (Å²) in [6, 6.07) is 11.2. The molecule has 3 fully saturated rings. The molecule has 3 saturated carbocycles. The molecule has 0 heterocycles. The zero-order valence-electron chi connectivity index (χ0n) is 10.7. The van der Waals surface area contributed by atoms with Crippen LogP contribution in [0.3, 0.4) is 0 Å². The Labute approximate surface area is 99.1 Å². The molecule has 0 spiro atoms. The smallest absolute Gasteiger partial charge is 0.00352 e. The van der Waals surface area contributed by atoms with E-state index in [2.05, 4.69) is 51.1 Å². The second kappa shape index (κ2) is 3.12. The quantitative estimate of drug-likeness (QED) is 0.650. The van der Waals surface area contributed by atoms with E-state index in [9.17, 15) is 0 Å². The highest BCUT2D eigenvalue weighted by atomic mass is 14.7. The molecule has 3 aliphatic carbocycles. The maximum absolute atomic E-state index is 2.49. The van der Waals surface area contributed by atoms with E-state index in [1.165, 1.54) is 19.3 Å². The molecule has 86 valence electrons. The van der Waals surface area contributed by atoms with E-state index in [1.807, 2.05) is 0 Å². The number of rotatable bonds is 1. The first-order valence-corrected chi connectivity index (χ1v) is 6.64. The van der Waals surface area contributed by atoms with E-state index < -0.39 is 0 Å². The Morgan fingerprint density at radius 3 is 2.31 bits per heavy atom. The highest BCUT2D eigenvalue weighted by Gasteiger charge is 2.64. The number of fused-ring (bicyclic) bond motifs is 2. The van der Waals surface area contributed by atoms with Crippen molar-refractivity contribution in [1.82, 2.24) is 0 Å². The van der Waals surface area contributed by atoms with Crippen LogP contribution in [0.1, 0.15) is 45.6 Å². The molecule has 4 rings (SSSR count). The van der Waals surface area contributed by atoms with E-state index in [-0.39, 0.29) is 0 Å². The van der Waals surface area contributed by atoms with Gasteiger partial charge in [0, 0.05) is 5.41 Å². The zero-order valence-corrected chi connectivity index (χ0v) is 10.7. The summed E-state index contributed by atoms with van der Waals surface area (Å²) in [6.45, 7) is 7.44. The lowest BCUT2D eigenvalue weighted by Crippen LogP contribution is -2.64. The van der Waals surface area contributed by atoms with Gasteiger partial charge in [0.1, 0.15) is 0 Å². The van der Waals surface area contributed by atoms with Gasteiger partial charge < -0.3 is 0 Å². The van der Waals surface area contributed by atoms with Crippen LogP contribution in [0, 0.1) is 17.3 Å². The fraction of sp³-hybridized carbons (Fsp3) is 0.625. The van der Waals surface area contributed by atoms with Gasteiger partial charge in [-0.2, -0.15) is 0 Å². The molecule has 16 heavy (non-hydrogen) atoms. The Morgan fingerprint density at radius 1 is 1.06 bits per heavy atom. The molecule has 0 heteroatoms. The van der Waals surface area contributed by atoms with Gasteiger partial charge in [-0.25, -0.2) is 0 Å². The lowest BCUT2D eigenvalue weighted by Gasteiger charge is -2.69. The normalized spacial score (nSPS) is 40.2. The van der Waals surface area contributed by atoms with Crippen molar-refractivity contribution in [3.63, 3.8) is 0 Å². The summed E-state index contributed by atoms with van der Waals surface area (Å²) in [5.74, 6) is 1.80. The van der Waals surface area contributed by atoms with E-state index >= 15 is 0 Å². The highest BCUT2D eigenvalue weighted by molar-refractivity contribution is 5.36. The predicted octanol–water partition coefficient (Wildman–Crippen LogP) is 4.40. The molecule has 0 saturated heterocycles. The van der Waals surface area contributed by atoms with Crippen LogP contribution in [-0.2, 0) is 5.41 Å². The fourth-order valence-electron chi connectivity index (χ4n) is 4.65. The summed E-state index contributed by atoms with van der Waals surface area (Å²) in [5.41, 5.74) is 2.56. The third kappa shape index (κ3) is 1.01. The second-order valence-electron chi connectivity index (χ2n) is 6.44. The molecule has 0 aliphatic heterocycles. The van der Waals surface area contributed by atoms with Gasteiger partial charge in [0.15, 0.2) is 0 Å². The SMILES string of the molecule is CC1CCC2CC1(c1ccccc1)C2(C)C. The Kier molecular flexibility index (Phi) is 2.02. The Bertz CT molecular complexity index is 390. The van der Waals surface area contributed by atoms with Gasteiger partial charge in [0.25, 0.3) is 0 Å². The van der Waals surface area contributed by atoms with Crippen molar-refractivity contribution >= 4 is 0 Å². The molecule has 0 amide bonds. The van der Waals surface area contributed by atoms with Gasteiger partial charge in [0.05, 0.1) is 0 Å². The van der Waals surface area contributed by atoms with Crippen LogP contribution in [0.25, 0.3) is 0 Å². The average Bonchev–Trinajstić information content (AvgIpc) is 2.29. The van der Waals surface area contributed by atoms with E-state index in [4.69, 9.17) is 0 Å². The molecule has 2 bridgehead atoms. The summed E-state index contributed by atoms with van der Waals surface area (Å²) < 4.78 is 0. The molecule has 3 unspecified atom stereocenters. The van der Waals surface area contributed by atoms with Gasteiger partial charge in [-0.15, -0.1) is 0 Å². The van der Waals surface area contributed by atoms with Gasteiger partial charge >= 0.3 is 0 Å². The Morgan fingerprint density at radius 2 is 1.75 bits per heavy atom. The van der Waals surface area contributed by atoms with Crippen molar-refractivity contribution in [2.45, 2.75) is 45.4 Å². The minimum Gasteiger partial charge on any atom is -0.0622 e. The molecule has 0 aromatic heterocycles. The van der Waals surface area contributed by atoms with Crippen molar-refractivity contribution in [3.8, 4) is 0 Å². The van der Waals surface area contributed by atoms with E-state index in [1.54, 1.807) is 5.56 Å². The van der Waals surface area contributed by atoms with Gasteiger partial charge in [-0.3, -0.25) is 0 Å². The number of hydrogen-bond donors (Lipinski definition) is 0. The Hall–Kier alpha value is -0.780. The number of benzene rings is 1. The van der Waals surface area contributed by atoms with Crippen molar-refractivity contribution < 1.29 is 0 Å². The van der Waals surface area contributed by atoms with Gasteiger partial charge in [-0.1, -0.05) is 51.1 Å². The van der Waals surface area contributed by atoms with Crippen molar-refractivity contribution in [2.24, 2.45) is 17.3 Å². The Balaban J connectivity index is 2.10. The van der Waals surface area contributed by atoms with Crippen LogP contribution in [0.15, 0.2) is 30.3 Å². The van der Waals surface area contributed by atoms with Crippen molar-refractivity contribution in [3.05, 3.63) is 35.9 Å². The molecule has 1 aromatic carbocycles. The largest absolute Gasteiger partial charge is 0.0622 e. The third-order valence-electron chi connectivity index (χ3n) is 5.82. The van der Waals surface area contributed by atoms with Crippen LogP contribution in [0.5, 0.6) is 0 Å². The van der Waals surface area contributed by atoms with Gasteiger partial charge in [-0.05, 0) is 42.1 Å². The van der Waals surface area contributed by atoms with Crippen LogP contribution >= 0.6 is 0 Å². The molecule has 3 aliphatic rings. The summed E-state index contributed by atoms with van der Waals surface area (Å²) in [6.07, 6.45) is 4.29. The summed E-state index contributed by atoms with van der Waals surface area (Å²) in [7, 11) is 0. The fourth-order valence-corrected chi connectivity index (χ4v) is 4.65. The van der Waals surface area contributed by atoms with Crippen LogP contribution in [0.4, 0.5) is 0 Å². The second-order valence-corrected chi connectivity index (χ2v) is 6.44. The first-order valence-electron chi connectivity index (χ1n) is 6.64.